The molecule has 4 rings (SSSR count). The van der Waals surface area contributed by atoms with Crippen LogP contribution in [0.3, 0.4) is 0 Å². The largest absolute Gasteiger partial charge is 0.354 e. The van der Waals surface area contributed by atoms with E-state index in [0.29, 0.717) is 13.0 Å². The molecule has 182 valence electrons. The molecule has 2 amide bonds. The monoisotopic (exact) mass is 477 g/mol. The average Bonchev–Trinajstić information content (AvgIpc) is 2.93. The maximum Gasteiger partial charge on any atom is 0.237 e. The highest BCUT2D eigenvalue weighted by Gasteiger charge is 2.38. The molecular formula is C31H31N3O2. The standard InChI is InChI=1S/C31H31N3O2/c32-28(30(36)33-22-21-24-13-5-1-6-14-24)23-29(35)34-31(25-15-7-2-8-16-25,26-17-9-3-10-18-26)27-19-11-4-12-20-27/h1-20,28H,21-23,32H2,(H,33,36)(H,34,35)/t28-/m0/s1. The van der Waals surface area contributed by atoms with Crippen LogP contribution < -0.4 is 16.4 Å². The van der Waals surface area contributed by atoms with Gasteiger partial charge in [-0.15, -0.1) is 0 Å². The summed E-state index contributed by atoms with van der Waals surface area (Å²) < 4.78 is 0. The molecule has 0 aliphatic rings. The van der Waals surface area contributed by atoms with Gasteiger partial charge < -0.3 is 16.4 Å². The van der Waals surface area contributed by atoms with E-state index >= 15 is 0 Å². The van der Waals surface area contributed by atoms with Crippen LogP contribution in [0.2, 0.25) is 0 Å². The van der Waals surface area contributed by atoms with Gasteiger partial charge in [0.2, 0.25) is 11.8 Å². The van der Waals surface area contributed by atoms with Gasteiger partial charge >= 0.3 is 0 Å². The number of carbonyl (C=O) groups is 2. The minimum absolute atomic E-state index is 0.134. The van der Waals surface area contributed by atoms with Gasteiger partial charge in [-0.25, -0.2) is 0 Å². The first-order valence-corrected chi connectivity index (χ1v) is 12.1. The number of carbonyl (C=O) groups excluding carboxylic acids is 2. The second-order valence-electron chi connectivity index (χ2n) is 8.73. The second-order valence-corrected chi connectivity index (χ2v) is 8.73. The molecule has 0 heterocycles. The highest BCUT2D eigenvalue weighted by atomic mass is 16.2. The fourth-order valence-electron chi connectivity index (χ4n) is 4.44. The summed E-state index contributed by atoms with van der Waals surface area (Å²) in [7, 11) is 0. The Balaban J connectivity index is 1.54. The van der Waals surface area contributed by atoms with Gasteiger partial charge in [0.1, 0.15) is 5.54 Å². The molecule has 0 saturated heterocycles. The highest BCUT2D eigenvalue weighted by Crippen LogP contribution is 2.36. The molecule has 36 heavy (non-hydrogen) atoms. The third-order valence-electron chi connectivity index (χ3n) is 6.25. The summed E-state index contributed by atoms with van der Waals surface area (Å²) in [5, 5.41) is 6.10. The fourth-order valence-corrected chi connectivity index (χ4v) is 4.44. The number of nitrogens with two attached hydrogens (primary N) is 1. The molecule has 0 saturated carbocycles. The molecule has 0 radical (unpaired) electrons. The summed E-state index contributed by atoms with van der Waals surface area (Å²) in [6.07, 6.45) is 0.566. The van der Waals surface area contributed by atoms with Gasteiger partial charge in [-0.05, 0) is 28.7 Å². The van der Waals surface area contributed by atoms with E-state index in [-0.39, 0.29) is 18.2 Å². The number of nitrogens with one attached hydrogen (secondary N) is 2. The molecule has 4 aromatic rings. The lowest BCUT2D eigenvalue weighted by atomic mass is 9.77. The molecule has 0 aliphatic carbocycles. The van der Waals surface area contributed by atoms with E-state index in [9.17, 15) is 9.59 Å². The molecule has 5 nitrogen and oxygen atoms in total. The van der Waals surface area contributed by atoms with Gasteiger partial charge in [0.05, 0.1) is 12.5 Å². The van der Waals surface area contributed by atoms with Gasteiger partial charge in [0.15, 0.2) is 0 Å². The summed E-state index contributed by atoms with van der Waals surface area (Å²) in [5.74, 6) is -0.650. The number of rotatable bonds is 10. The van der Waals surface area contributed by atoms with E-state index in [4.69, 9.17) is 5.73 Å². The summed E-state index contributed by atoms with van der Waals surface area (Å²) in [5.41, 5.74) is 9.09. The predicted octanol–water partition coefficient (Wildman–Crippen LogP) is 4.17. The zero-order valence-electron chi connectivity index (χ0n) is 20.1. The quantitative estimate of drug-likeness (QED) is 0.300. The first-order valence-electron chi connectivity index (χ1n) is 12.1. The Bertz CT molecular complexity index is 1150. The molecular weight excluding hydrogens is 446 g/mol. The lowest BCUT2D eigenvalue weighted by Crippen LogP contribution is -2.51. The third-order valence-corrected chi connectivity index (χ3v) is 6.25. The Morgan fingerprint density at radius 3 is 1.53 bits per heavy atom. The van der Waals surface area contributed by atoms with Crippen LogP contribution in [0.1, 0.15) is 28.7 Å². The minimum Gasteiger partial charge on any atom is -0.354 e. The van der Waals surface area contributed by atoms with Crippen LogP contribution in [-0.4, -0.2) is 24.4 Å². The zero-order chi connectivity index (χ0) is 25.2. The van der Waals surface area contributed by atoms with Crippen LogP contribution in [0.4, 0.5) is 0 Å². The first-order chi connectivity index (χ1) is 17.6. The normalized spacial score (nSPS) is 11.9. The SMILES string of the molecule is N[C@@H](CC(=O)NC(c1ccccc1)(c1ccccc1)c1ccccc1)C(=O)NCCc1ccccc1. The Hall–Kier alpha value is -4.22. The van der Waals surface area contributed by atoms with Gasteiger partial charge in [-0.3, -0.25) is 9.59 Å². The van der Waals surface area contributed by atoms with Crippen molar-refractivity contribution in [1.82, 2.24) is 10.6 Å². The van der Waals surface area contributed by atoms with Crippen LogP contribution >= 0.6 is 0 Å². The molecule has 1 atom stereocenters. The van der Waals surface area contributed by atoms with Crippen molar-refractivity contribution in [3.63, 3.8) is 0 Å². The third kappa shape index (κ3) is 5.88. The van der Waals surface area contributed by atoms with Gasteiger partial charge in [-0.1, -0.05) is 121 Å². The number of hydrogen-bond donors (Lipinski definition) is 3. The van der Waals surface area contributed by atoms with Crippen molar-refractivity contribution >= 4 is 11.8 Å². The maximum atomic E-state index is 13.4. The van der Waals surface area contributed by atoms with E-state index in [0.717, 1.165) is 22.3 Å². The summed E-state index contributed by atoms with van der Waals surface area (Å²) >= 11 is 0. The molecule has 0 bridgehead atoms. The van der Waals surface area contributed by atoms with E-state index in [1.54, 1.807) is 0 Å². The molecule has 0 aliphatic heterocycles. The predicted molar refractivity (Wildman–Crippen MR) is 143 cm³/mol. The molecule has 0 spiro atoms. The van der Waals surface area contributed by atoms with E-state index in [1.165, 1.54) is 0 Å². The minimum atomic E-state index is -0.958. The topological polar surface area (TPSA) is 84.2 Å². The Morgan fingerprint density at radius 2 is 1.08 bits per heavy atom. The van der Waals surface area contributed by atoms with Crippen LogP contribution in [0, 0.1) is 0 Å². The number of amides is 2. The van der Waals surface area contributed by atoms with Crippen molar-refractivity contribution in [1.29, 1.82) is 0 Å². The second kappa shape index (κ2) is 12.0. The van der Waals surface area contributed by atoms with E-state index in [1.807, 2.05) is 121 Å². The van der Waals surface area contributed by atoms with Crippen LogP contribution in [0.5, 0.6) is 0 Å². The summed E-state index contributed by atoms with van der Waals surface area (Å²) in [6.45, 7) is 0.458. The van der Waals surface area contributed by atoms with Crippen LogP contribution in [0.15, 0.2) is 121 Å². The van der Waals surface area contributed by atoms with Gasteiger partial charge in [0, 0.05) is 6.54 Å². The molecule has 4 aromatic carbocycles. The van der Waals surface area contributed by atoms with E-state index < -0.39 is 11.6 Å². The maximum absolute atomic E-state index is 13.4. The lowest BCUT2D eigenvalue weighted by molar-refractivity contribution is -0.128. The summed E-state index contributed by atoms with van der Waals surface area (Å²) in [6, 6.07) is 38.5. The van der Waals surface area contributed by atoms with Crippen molar-refractivity contribution in [3.05, 3.63) is 144 Å². The average molecular weight is 478 g/mol. The van der Waals surface area contributed by atoms with Gasteiger partial charge in [0.25, 0.3) is 0 Å². The van der Waals surface area contributed by atoms with Crippen molar-refractivity contribution in [2.45, 2.75) is 24.4 Å². The van der Waals surface area contributed by atoms with Crippen LogP contribution in [0.25, 0.3) is 0 Å². The smallest absolute Gasteiger partial charge is 0.237 e. The van der Waals surface area contributed by atoms with Crippen LogP contribution in [-0.2, 0) is 21.5 Å². The van der Waals surface area contributed by atoms with Crippen molar-refractivity contribution in [3.8, 4) is 0 Å². The molecule has 0 fully saturated rings. The molecule has 0 unspecified atom stereocenters. The zero-order valence-corrected chi connectivity index (χ0v) is 20.1. The first kappa shape index (κ1) is 24.9. The Morgan fingerprint density at radius 1 is 0.667 bits per heavy atom. The van der Waals surface area contributed by atoms with Gasteiger partial charge in [-0.2, -0.15) is 0 Å². The van der Waals surface area contributed by atoms with Crippen molar-refractivity contribution in [2.24, 2.45) is 5.73 Å². The Kier molecular flexibility index (Phi) is 8.27. The van der Waals surface area contributed by atoms with Crippen molar-refractivity contribution in [2.75, 3.05) is 6.54 Å². The number of hydrogen-bond acceptors (Lipinski definition) is 3. The number of benzene rings is 4. The fraction of sp³-hybridized carbons (Fsp3) is 0.161. The summed E-state index contributed by atoms with van der Waals surface area (Å²) in [4.78, 5) is 26.0. The Labute approximate surface area is 212 Å². The lowest BCUT2D eigenvalue weighted by Gasteiger charge is -2.37. The highest BCUT2D eigenvalue weighted by molar-refractivity contribution is 5.89. The molecule has 0 aromatic heterocycles. The van der Waals surface area contributed by atoms with Crippen molar-refractivity contribution < 1.29 is 9.59 Å². The van der Waals surface area contributed by atoms with E-state index in [2.05, 4.69) is 10.6 Å². The molecule has 5 heteroatoms. The molecule has 4 N–H and O–H groups in total.